The lowest BCUT2D eigenvalue weighted by molar-refractivity contribution is 1.46. The second-order valence-electron chi connectivity index (χ2n) is 2.84. The van der Waals surface area contributed by atoms with Crippen LogP contribution in [0.25, 0.3) is 6.08 Å². The van der Waals surface area contributed by atoms with E-state index in [0.717, 1.165) is 22.5 Å². The van der Waals surface area contributed by atoms with Crippen molar-refractivity contribution >= 4 is 17.5 Å². The highest BCUT2D eigenvalue weighted by Gasteiger charge is 1.98. The Hall–Kier alpha value is -1.44. The van der Waals surface area contributed by atoms with Crippen LogP contribution in [0.4, 0.5) is 11.4 Å². The molecule has 0 radical (unpaired) electrons. The van der Waals surface area contributed by atoms with Gasteiger partial charge in [-0.2, -0.15) is 0 Å². The number of hydrogen-bond acceptors (Lipinski definition) is 2. The van der Waals surface area contributed by atoms with Crippen molar-refractivity contribution in [1.29, 1.82) is 0 Å². The molecule has 0 bridgehead atoms. The molecule has 0 saturated heterocycles. The molecular formula is C10H14N2. The van der Waals surface area contributed by atoms with E-state index in [1.807, 2.05) is 38.1 Å². The Balaban J connectivity index is 3.23. The van der Waals surface area contributed by atoms with Crippen LogP contribution in [0.1, 0.15) is 18.1 Å². The molecule has 4 N–H and O–H groups in total. The summed E-state index contributed by atoms with van der Waals surface area (Å²) in [4.78, 5) is 0. The number of nitrogens with two attached hydrogens (primary N) is 2. The van der Waals surface area contributed by atoms with E-state index in [-0.39, 0.29) is 0 Å². The van der Waals surface area contributed by atoms with E-state index in [4.69, 9.17) is 11.5 Å². The number of aryl methyl sites for hydroxylation is 1. The van der Waals surface area contributed by atoms with Crippen molar-refractivity contribution in [3.8, 4) is 0 Å². The second kappa shape index (κ2) is 3.30. The van der Waals surface area contributed by atoms with Crippen molar-refractivity contribution in [1.82, 2.24) is 0 Å². The van der Waals surface area contributed by atoms with Crippen molar-refractivity contribution in [3.63, 3.8) is 0 Å². The maximum absolute atomic E-state index is 5.77. The molecule has 1 rings (SSSR count). The zero-order valence-electron chi connectivity index (χ0n) is 7.46. The van der Waals surface area contributed by atoms with E-state index >= 15 is 0 Å². The first-order chi connectivity index (χ1) is 5.65. The molecule has 0 fully saturated rings. The van der Waals surface area contributed by atoms with E-state index in [2.05, 4.69) is 0 Å². The van der Waals surface area contributed by atoms with Crippen LogP contribution in [-0.4, -0.2) is 0 Å². The Bertz CT molecular complexity index is 314. The van der Waals surface area contributed by atoms with Gasteiger partial charge in [-0.15, -0.1) is 0 Å². The molecule has 0 aliphatic heterocycles. The molecule has 0 atom stereocenters. The Morgan fingerprint density at radius 2 is 1.83 bits per heavy atom. The molecule has 2 heteroatoms. The molecule has 64 valence electrons. The van der Waals surface area contributed by atoms with Gasteiger partial charge in [-0.25, -0.2) is 0 Å². The summed E-state index contributed by atoms with van der Waals surface area (Å²) in [6.07, 6.45) is 3.89. The molecule has 2 nitrogen and oxygen atoms in total. The van der Waals surface area contributed by atoms with Crippen LogP contribution in [0.5, 0.6) is 0 Å². The molecule has 0 aliphatic rings. The average Bonchev–Trinajstić information content (AvgIpc) is 2.01. The van der Waals surface area contributed by atoms with Crippen molar-refractivity contribution in [2.24, 2.45) is 0 Å². The van der Waals surface area contributed by atoms with Gasteiger partial charge < -0.3 is 11.5 Å². The molecule has 0 aliphatic carbocycles. The fraction of sp³-hybridized carbons (Fsp3) is 0.200. The molecule has 0 spiro atoms. The third-order valence-electron chi connectivity index (χ3n) is 1.82. The van der Waals surface area contributed by atoms with Crippen LogP contribution >= 0.6 is 0 Å². The van der Waals surface area contributed by atoms with E-state index in [0.29, 0.717) is 0 Å². The predicted octanol–water partition coefficient (Wildman–Crippen LogP) is 2.19. The summed E-state index contributed by atoms with van der Waals surface area (Å²) in [6, 6.07) is 3.79. The van der Waals surface area contributed by atoms with Gasteiger partial charge in [0.15, 0.2) is 0 Å². The van der Waals surface area contributed by atoms with Gasteiger partial charge in [-0.3, -0.25) is 0 Å². The Morgan fingerprint density at radius 1 is 1.17 bits per heavy atom. The van der Waals surface area contributed by atoms with E-state index in [1.165, 1.54) is 0 Å². The summed E-state index contributed by atoms with van der Waals surface area (Å²) < 4.78 is 0. The molecule has 0 saturated carbocycles. The lowest BCUT2D eigenvalue weighted by Crippen LogP contribution is -1.95. The van der Waals surface area contributed by atoms with E-state index in [9.17, 15) is 0 Å². The van der Waals surface area contributed by atoms with Crippen molar-refractivity contribution < 1.29 is 0 Å². The fourth-order valence-electron chi connectivity index (χ4n) is 1.09. The van der Waals surface area contributed by atoms with Crippen LogP contribution in [0, 0.1) is 6.92 Å². The first kappa shape index (κ1) is 8.65. The monoisotopic (exact) mass is 162 g/mol. The first-order valence-electron chi connectivity index (χ1n) is 3.93. The minimum absolute atomic E-state index is 0.778. The number of nitrogen functional groups attached to an aromatic ring is 2. The zero-order valence-corrected chi connectivity index (χ0v) is 7.46. The Labute approximate surface area is 72.9 Å². The normalized spacial score (nSPS) is 10.8. The van der Waals surface area contributed by atoms with Crippen LogP contribution in [0.15, 0.2) is 18.2 Å². The molecule has 1 aromatic rings. The molecule has 12 heavy (non-hydrogen) atoms. The minimum atomic E-state index is 0.778. The summed E-state index contributed by atoms with van der Waals surface area (Å²) in [5.41, 5.74) is 15.1. The van der Waals surface area contributed by atoms with Crippen LogP contribution in [-0.2, 0) is 0 Å². The topological polar surface area (TPSA) is 52.0 Å². The average molecular weight is 162 g/mol. The van der Waals surface area contributed by atoms with Crippen molar-refractivity contribution in [3.05, 3.63) is 29.3 Å². The number of benzene rings is 1. The highest BCUT2D eigenvalue weighted by Crippen LogP contribution is 2.21. The third kappa shape index (κ3) is 1.59. The summed E-state index contributed by atoms with van der Waals surface area (Å²) in [7, 11) is 0. The number of rotatable bonds is 1. The van der Waals surface area contributed by atoms with Gasteiger partial charge in [-0.1, -0.05) is 12.2 Å². The molecule has 1 aromatic carbocycles. The largest absolute Gasteiger partial charge is 0.398 e. The number of hydrogen-bond donors (Lipinski definition) is 2. The number of allylic oxidation sites excluding steroid dienone is 1. The summed E-state index contributed by atoms with van der Waals surface area (Å²) >= 11 is 0. The maximum atomic E-state index is 5.77. The summed E-state index contributed by atoms with van der Waals surface area (Å²) in [6.45, 7) is 3.90. The van der Waals surface area contributed by atoms with Gasteiger partial charge in [-0.05, 0) is 37.1 Å². The fourth-order valence-corrected chi connectivity index (χ4v) is 1.09. The summed E-state index contributed by atoms with van der Waals surface area (Å²) in [5.74, 6) is 0. The van der Waals surface area contributed by atoms with Crippen LogP contribution in [0.3, 0.4) is 0 Å². The molecular weight excluding hydrogens is 148 g/mol. The first-order valence-corrected chi connectivity index (χ1v) is 3.93. The van der Waals surface area contributed by atoms with Crippen molar-refractivity contribution in [2.75, 3.05) is 11.5 Å². The van der Waals surface area contributed by atoms with E-state index < -0.39 is 0 Å². The minimum Gasteiger partial charge on any atom is -0.398 e. The lowest BCUT2D eigenvalue weighted by atomic mass is 10.1. The van der Waals surface area contributed by atoms with Crippen LogP contribution < -0.4 is 11.5 Å². The highest BCUT2D eigenvalue weighted by molar-refractivity contribution is 5.70. The Kier molecular flexibility index (Phi) is 2.38. The Morgan fingerprint density at radius 3 is 2.42 bits per heavy atom. The smallest absolute Gasteiger partial charge is 0.0391 e. The lowest BCUT2D eigenvalue weighted by Gasteiger charge is -2.05. The van der Waals surface area contributed by atoms with Crippen molar-refractivity contribution in [2.45, 2.75) is 13.8 Å². The molecule has 0 aromatic heterocycles. The van der Waals surface area contributed by atoms with Gasteiger partial charge in [0.05, 0.1) is 0 Å². The standard InChI is InChI=1S/C10H14N2/c1-3-4-8-6-9(11)7(2)5-10(8)12/h3-6H,11-12H2,1-2H3. The van der Waals surface area contributed by atoms with Gasteiger partial charge in [0, 0.05) is 11.4 Å². The highest BCUT2D eigenvalue weighted by atomic mass is 14.6. The van der Waals surface area contributed by atoms with Gasteiger partial charge in [0.1, 0.15) is 0 Å². The maximum Gasteiger partial charge on any atom is 0.0391 e. The zero-order chi connectivity index (χ0) is 9.14. The second-order valence-corrected chi connectivity index (χ2v) is 2.84. The third-order valence-corrected chi connectivity index (χ3v) is 1.82. The van der Waals surface area contributed by atoms with Gasteiger partial charge in [0.2, 0.25) is 0 Å². The van der Waals surface area contributed by atoms with Crippen LogP contribution in [0.2, 0.25) is 0 Å². The SMILES string of the molecule is CC=Cc1cc(N)c(C)cc1N. The number of anilines is 2. The van der Waals surface area contributed by atoms with Gasteiger partial charge >= 0.3 is 0 Å². The predicted molar refractivity (Wildman–Crippen MR) is 54.7 cm³/mol. The summed E-state index contributed by atoms with van der Waals surface area (Å²) in [5, 5.41) is 0. The molecule has 0 heterocycles. The van der Waals surface area contributed by atoms with Gasteiger partial charge in [0.25, 0.3) is 0 Å². The van der Waals surface area contributed by atoms with E-state index in [1.54, 1.807) is 0 Å². The molecule has 0 amide bonds. The molecule has 0 unspecified atom stereocenters. The quantitative estimate of drug-likeness (QED) is 0.622.